The standard InChI is InChI=1S/C28H37N5O4/c1-17(2)12-24(32-26(35)15-29)28(37)33-25(14-20-16-30-23-7-5-4-6-22(20)23)27(36)31-18(3)13-19-8-10-21(34)11-9-19/h4-11,16-18,24-25,30,34H,12-15,29H2,1-3H3,(H,31,36)(H,32,35)(H,33,37). The van der Waals surface area contributed by atoms with Crippen molar-refractivity contribution < 1.29 is 19.5 Å². The number of para-hydroxylation sites is 1. The average Bonchev–Trinajstić information content (AvgIpc) is 3.27. The second-order valence-corrected chi connectivity index (χ2v) is 9.86. The van der Waals surface area contributed by atoms with E-state index >= 15 is 0 Å². The molecule has 3 atom stereocenters. The first-order chi connectivity index (χ1) is 17.7. The van der Waals surface area contributed by atoms with Crippen LogP contribution in [0.25, 0.3) is 10.9 Å². The molecular weight excluding hydrogens is 470 g/mol. The first-order valence-corrected chi connectivity index (χ1v) is 12.6. The number of aromatic amines is 1. The number of nitrogens with two attached hydrogens (primary N) is 1. The summed E-state index contributed by atoms with van der Waals surface area (Å²) in [6.07, 6.45) is 3.09. The van der Waals surface area contributed by atoms with E-state index in [0.717, 1.165) is 22.0 Å². The fourth-order valence-electron chi connectivity index (χ4n) is 4.34. The molecule has 0 spiro atoms. The zero-order valence-electron chi connectivity index (χ0n) is 21.6. The molecule has 0 aliphatic heterocycles. The maximum atomic E-state index is 13.4. The van der Waals surface area contributed by atoms with Crippen molar-refractivity contribution >= 4 is 28.6 Å². The third-order valence-corrected chi connectivity index (χ3v) is 6.14. The zero-order valence-corrected chi connectivity index (χ0v) is 21.6. The van der Waals surface area contributed by atoms with Crippen molar-refractivity contribution in [3.8, 4) is 5.75 Å². The maximum Gasteiger partial charge on any atom is 0.243 e. The Morgan fingerprint density at radius 3 is 2.24 bits per heavy atom. The molecule has 0 saturated carbocycles. The highest BCUT2D eigenvalue weighted by molar-refractivity contribution is 5.93. The van der Waals surface area contributed by atoms with Crippen molar-refractivity contribution in [3.63, 3.8) is 0 Å². The Morgan fingerprint density at radius 1 is 0.892 bits per heavy atom. The number of nitrogens with one attached hydrogen (secondary N) is 4. The maximum absolute atomic E-state index is 13.4. The van der Waals surface area contributed by atoms with Crippen LogP contribution in [0.15, 0.2) is 54.7 Å². The quantitative estimate of drug-likeness (QED) is 0.222. The molecular formula is C28H37N5O4. The summed E-state index contributed by atoms with van der Waals surface area (Å²) in [4.78, 5) is 41.9. The number of fused-ring (bicyclic) bond motifs is 1. The molecule has 37 heavy (non-hydrogen) atoms. The van der Waals surface area contributed by atoms with Crippen LogP contribution < -0.4 is 21.7 Å². The Bertz CT molecular complexity index is 1200. The fourth-order valence-corrected chi connectivity index (χ4v) is 4.34. The number of carbonyl (C=O) groups excluding carboxylic acids is 3. The highest BCUT2D eigenvalue weighted by Crippen LogP contribution is 2.20. The number of aromatic hydroxyl groups is 1. The lowest BCUT2D eigenvalue weighted by atomic mass is 10.00. The van der Waals surface area contributed by atoms with Gasteiger partial charge in [-0.3, -0.25) is 14.4 Å². The molecule has 3 rings (SSSR count). The van der Waals surface area contributed by atoms with Gasteiger partial charge in [0, 0.05) is 29.6 Å². The first kappa shape index (κ1) is 27.7. The molecule has 0 bridgehead atoms. The van der Waals surface area contributed by atoms with E-state index in [4.69, 9.17) is 5.73 Å². The lowest BCUT2D eigenvalue weighted by Gasteiger charge is -2.25. The molecule has 0 fully saturated rings. The Morgan fingerprint density at radius 2 is 1.57 bits per heavy atom. The Kier molecular flexibility index (Phi) is 9.68. The van der Waals surface area contributed by atoms with E-state index in [2.05, 4.69) is 20.9 Å². The van der Waals surface area contributed by atoms with Crippen LogP contribution in [0, 0.1) is 5.92 Å². The summed E-state index contributed by atoms with van der Waals surface area (Å²) in [6, 6.07) is 12.7. The molecule has 7 N–H and O–H groups in total. The van der Waals surface area contributed by atoms with Gasteiger partial charge in [-0.1, -0.05) is 44.2 Å². The van der Waals surface area contributed by atoms with E-state index in [-0.39, 0.29) is 36.6 Å². The Labute approximate surface area is 217 Å². The van der Waals surface area contributed by atoms with Crippen molar-refractivity contribution in [2.45, 2.75) is 58.2 Å². The predicted molar refractivity (Wildman–Crippen MR) is 144 cm³/mol. The van der Waals surface area contributed by atoms with E-state index in [9.17, 15) is 19.5 Å². The van der Waals surface area contributed by atoms with E-state index < -0.39 is 23.9 Å². The van der Waals surface area contributed by atoms with Gasteiger partial charge < -0.3 is 31.8 Å². The normalized spacial score (nSPS) is 13.6. The molecule has 3 aromatic rings. The second kappa shape index (κ2) is 12.9. The highest BCUT2D eigenvalue weighted by atomic mass is 16.3. The molecule has 1 aromatic heterocycles. The number of amides is 3. The number of phenolic OH excluding ortho intramolecular Hbond substituents is 1. The lowest BCUT2D eigenvalue weighted by molar-refractivity contribution is -0.132. The monoisotopic (exact) mass is 507 g/mol. The van der Waals surface area contributed by atoms with Gasteiger partial charge in [-0.2, -0.15) is 0 Å². The number of hydrogen-bond acceptors (Lipinski definition) is 5. The topological polar surface area (TPSA) is 149 Å². The molecule has 0 aliphatic rings. The molecule has 9 heteroatoms. The number of phenols is 1. The molecule has 9 nitrogen and oxygen atoms in total. The third-order valence-electron chi connectivity index (χ3n) is 6.14. The van der Waals surface area contributed by atoms with Crippen molar-refractivity contribution in [2.75, 3.05) is 6.54 Å². The van der Waals surface area contributed by atoms with Crippen LogP contribution in [-0.2, 0) is 27.2 Å². The van der Waals surface area contributed by atoms with E-state index in [1.165, 1.54) is 0 Å². The van der Waals surface area contributed by atoms with Gasteiger partial charge in [0.1, 0.15) is 17.8 Å². The van der Waals surface area contributed by atoms with Gasteiger partial charge in [-0.15, -0.1) is 0 Å². The van der Waals surface area contributed by atoms with Gasteiger partial charge in [0.15, 0.2) is 0 Å². The average molecular weight is 508 g/mol. The lowest BCUT2D eigenvalue weighted by Crippen LogP contribution is -2.56. The predicted octanol–water partition coefficient (Wildman–Crippen LogP) is 2.14. The van der Waals surface area contributed by atoms with Gasteiger partial charge >= 0.3 is 0 Å². The molecule has 0 aliphatic carbocycles. The van der Waals surface area contributed by atoms with Crippen LogP contribution in [0.4, 0.5) is 0 Å². The number of benzene rings is 2. The molecule has 198 valence electrons. The van der Waals surface area contributed by atoms with Crippen molar-refractivity contribution in [3.05, 3.63) is 65.9 Å². The minimum absolute atomic E-state index is 0.139. The Hall–Kier alpha value is -3.85. The number of H-pyrrole nitrogens is 1. The van der Waals surface area contributed by atoms with Gasteiger partial charge in [0.2, 0.25) is 17.7 Å². The smallest absolute Gasteiger partial charge is 0.243 e. The van der Waals surface area contributed by atoms with Crippen LogP contribution in [0.2, 0.25) is 0 Å². The van der Waals surface area contributed by atoms with Gasteiger partial charge in [-0.25, -0.2) is 0 Å². The molecule has 1 heterocycles. The minimum Gasteiger partial charge on any atom is -0.508 e. The summed E-state index contributed by atoms with van der Waals surface area (Å²) in [5, 5.41) is 19.0. The molecule has 2 aromatic carbocycles. The molecule has 0 saturated heterocycles. The number of rotatable bonds is 12. The van der Waals surface area contributed by atoms with Crippen molar-refractivity contribution in [1.29, 1.82) is 0 Å². The fraction of sp³-hybridized carbons (Fsp3) is 0.393. The van der Waals surface area contributed by atoms with Crippen molar-refractivity contribution in [2.24, 2.45) is 11.7 Å². The van der Waals surface area contributed by atoms with E-state index in [1.54, 1.807) is 24.3 Å². The summed E-state index contributed by atoms with van der Waals surface area (Å²) in [5.74, 6) is -0.861. The minimum atomic E-state index is -0.863. The summed E-state index contributed by atoms with van der Waals surface area (Å²) >= 11 is 0. The molecule has 3 unspecified atom stereocenters. The molecule has 3 amide bonds. The van der Waals surface area contributed by atoms with Gasteiger partial charge in [-0.05, 0) is 55.0 Å². The van der Waals surface area contributed by atoms with E-state index in [0.29, 0.717) is 12.8 Å². The first-order valence-electron chi connectivity index (χ1n) is 12.6. The van der Waals surface area contributed by atoms with Crippen LogP contribution in [0.5, 0.6) is 5.75 Å². The zero-order chi connectivity index (χ0) is 26.9. The highest BCUT2D eigenvalue weighted by Gasteiger charge is 2.28. The van der Waals surface area contributed by atoms with E-state index in [1.807, 2.05) is 51.2 Å². The SMILES string of the molecule is CC(C)CC(NC(=O)CN)C(=O)NC(Cc1c[nH]c2ccccc12)C(=O)NC(C)Cc1ccc(O)cc1. The van der Waals surface area contributed by atoms with Crippen LogP contribution in [0.3, 0.4) is 0 Å². The summed E-state index contributed by atoms with van der Waals surface area (Å²) < 4.78 is 0. The number of hydrogen-bond donors (Lipinski definition) is 6. The number of aromatic nitrogens is 1. The van der Waals surface area contributed by atoms with Gasteiger partial charge in [0.05, 0.1) is 6.54 Å². The number of carbonyl (C=O) groups is 3. The Balaban J connectivity index is 1.79. The van der Waals surface area contributed by atoms with Crippen LogP contribution in [-0.4, -0.2) is 52.5 Å². The van der Waals surface area contributed by atoms with Crippen LogP contribution in [0.1, 0.15) is 38.3 Å². The summed E-state index contributed by atoms with van der Waals surface area (Å²) in [7, 11) is 0. The molecule has 0 radical (unpaired) electrons. The van der Waals surface area contributed by atoms with Gasteiger partial charge in [0.25, 0.3) is 0 Å². The largest absolute Gasteiger partial charge is 0.508 e. The van der Waals surface area contributed by atoms with Crippen molar-refractivity contribution in [1.82, 2.24) is 20.9 Å². The third kappa shape index (κ3) is 8.08. The second-order valence-electron chi connectivity index (χ2n) is 9.86. The summed E-state index contributed by atoms with van der Waals surface area (Å²) in [5.41, 5.74) is 8.25. The van der Waals surface area contributed by atoms with Crippen LogP contribution >= 0.6 is 0 Å². The summed E-state index contributed by atoms with van der Waals surface area (Å²) in [6.45, 7) is 5.57.